The number of hydrogen-bond acceptors (Lipinski definition) is 4. The summed E-state index contributed by atoms with van der Waals surface area (Å²) in [6.07, 6.45) is 3.61. The Bertz CT molecular complexity index is 661. The molecule has 128 valence electrons. The third-order valence-electron chi connectivity index (χ3n) is 4.57. The van der Waals surface area contributed by atoms with E-state index in [9.17, 15) is 4.79 Å². The molecule has 3 rings (SSSR count). The first-order valence-corrected chi connectivity index (χ1v) is 8.42. The molecule has 6 nitrogen and oxygen atoms in total. The normalized spacial score (nSPS) is 16.8. The molecule has 0 saturated carbocycles. The zero-order chi connectivity index (χ0) is 16.9. The third kappa shape index (κ3) is 3.94. The molecule has 1 atom stereocenters. The van der Waals surface area contributed by atoms with E-state index in [1.54, 1.807) is 6.20 Å². The van der Waals surface area contributed by atoms with E-state index in [4.69, 9.17) is 10.2 Å². The van der Waals surface area contributed by atoms with Gasteiger partial charge in [-0.05, 0) is 25.7 Å². The number of rotatable bonds is 4. The predicted octanol–water partition coefficient (Wildman–Crippen LogP) is 2.61. The van der Waals surface area contributed by atoms with Crippen LogP contribution in [0.5, 0.6) is 0 Å². The molecule has 1 aliphatic heterocycles. The Morgan fingerprint density at radius 3 is 2.75 bits per heavy atom. The maximum absolute atomic E-state index is 12.2. The minimum absolute atomic E-state index is 0.0717. The van der Waals surface area contributed by atoms with Crippen LogP contribution in [0.4, 0.5) is 4.79 Å². The van der Waals surface area contributed by atoms with Crippen molar-refractivity contribution in [2.45, 2.75) is 32.4 Å². The summed E-state index contributed by atoms with van der Waals surface area (Å²) < 4.78 is 5.70. The number of carbonyl (C=O) groups is 1. The minimum Gasteiger partial charge on any atom is -0.439 e. The lowest BCUT2D eigenvalue weighted by Crippen LogP contribution is -2.46. The van der Waals surface area contributed by atoms with Gasteiger partial charge in [-0.1, -0.05) is 30.3 Å². The van der Waals surface area contributed by atoms with Gasteiger partial charge in [-0.2, -0.15) is 0 Å². The van der Waals surface area contributed by atoms with Crippen LogP contribution in [0.3, 0.4) is 0 Å². The molecule has 2 heterocycles. The smallest absolute Gasteiger partial charge is 0.317 e. The lowest BCUT2D eigenvalue weighted by Gasteiger charge is -2.33. The van der Waals surface area contributed by atoms with E-state index in [1.165, 1.54) is 0 Å². The van der Waals surface area contributed by atoms with Crippen molar-refractivity contribution in [2.24, 2.45) is 11.7 Å². The van der Waals surface area contributed by atoms with Gasteiger partial charge in [-0.25, -0.2) is 9.78 Å². The van der Waals surface area contributed by atoms with Crippen LogP contribution in [0.15, 0.2) is 40.9 Å². The van der Waals surface area contributed by atoms with Crippen LogP contribution in [0.25, 0.3) is 11.3 Å². The van der Waals surface area contributed by atoms with Crippen LogP contribution in [-0.4, -0.2) is 35.0 Å². The van der Waals surface area contributed by atoms with Crippen LogP contribution in [0.2, 0.25) is 0 Å². The molecule has 2 aromatic rings. The van der Waals surface area contributed by atoms with Gasteiger partial charge in [-0.15, -0.1) is 0 Å². The van der Waals surface area contributed by atoms with Crippen molar-refractivity contribution in [1.29, 1.82) is 0 Å². The highest BCUT2D eigenvalue weighted by molar-refractivity contribution is 5.74. The molecule has 1 unspecified atom stereocenters. The molecule has 1 aromatic heterocycles. The van der Waals surface area contributed by atoms with E-state index in [0.717, 1.165) is 31.5 Å². The largest absolute Gasteiger partial charge is 0.439 e. The van der Waals surface area contributed by atoms with Crippen molar-refractivity contribution < 1.29 is 9.21 Å². The Hall–Kier alpha value is -2.34. The molecule has 0 spiro atoms. The molecule has 24 heavy (non-hydrogen) atoms. The second-order valence-electron chi connectivity index (χ2n) is 6.33. The van der Waals surface area contributed by atoms with Crippen LogP contribution in [-0.2, 0) is 6.54 Å². The fourth-order valence-electron chi connectivity index (χ4n) is 3.02. The second kappa shape index (κ2) is 7.49. The van der Waals surface area contributed by atoms with Gasteiger partial charge in [0.25, 0.3) is 0 Å². The van der Waals surface area contributed by atoms with Gasteiger partial charge >= 0.3 is 6.03 Å². The lowest BCUT2D eigenvalue weighted by atomic mass is 9.91. The molecule has 1 saturated heterocycles. The van der Waals surface area contributed by atoms with Gasteiger partial charge in [0.2, 0.25) is 5.89 Å². The summed E-state index contributed by atoms with van der Waals surface area (Å²) in [6, 6.07) is 9.90. The fraction of sp³-hybridized carbons (Fsp3) is 0.444. The van der Waals surface area contributed by atoms with Crippen molar-refractivity contribution in [3.8, 4) is 11.3 Å². The average Bonchev–Trinajstić information content (AvgIpc) is 3.09. The zero-order valence-electron chi connectivity index (χ0n) is 13.9. The summed E-state index contributed by atoms with van der Waals surface area (Å²) in [4.78, 5) is 18.3. The molecule has 0 radical (unpaired) electrons. The van der Waals surface area contributed by atoms with Crippen molar-refractivity contribution in [1.82, 2.24) is 15.2 Å². The fourth-order valence-corrected chi connectivity index (χ4v) is 3.02. The highest BCUT2D eigenvalue weighted by atomic mass is 16.4. The average molecular weight is 328 g/mol. The van der Waals surface area contributed by atoms with Crippen LogP contribution < -0.4 is 11.1 Å². The quantitative estimate of drug-likeness (QED) is 0.903. The van der Waals surface area contributed by atoms with E-state index in [-0.39, 0.29) is 12.1 Å². The number of amides is 2. The molecule has 0 aliphatic carbocycles. The van der Waals surface area contributed by atoms with Crippen LogP contribution in [0.1, 0.15) is 25.7 Å². The monoisotopic (exact) mass is 328 g/mol. The first kappa shape index (κ1) is 16.5. The summed E-state index contributed by atoms with van der Waals surface area (Å²) in [6.45, 7) is 3.82. The standard InChI is InChI=1S/C18H24N4O2/c1-13(19)14-7-9-22(10-8-14)18(23)21-12-17-20-11-16(24-17)15-5-3-2-4-6-15/h2-6,11,13-14H,7-10,12,19H2,1H3,(H,21,23). The number of benzene rings is 1. The zero-order valence-corrected chi connectivity index (χ0v) is 13.9. The maximum Gasteiger partial charge on any atom is 0.317 e. The van der Waals surface area contributed by atoms with E-state index in [0.29, 0.717) is 24.1 Å². The number of hydrogen-bond donors (Lipinski definition) is 2. The Kier molecular flexibility index (Phi) is 5.15. The van der Waals surface area contributed by atoms with E-state index >= 15 is 0 Å². The summed E-state index contributed by atoms with van der Waals surface area (Å²) in [7, 11) is 0. The predicted molar refractivity (Wildman–Crippen MR) is 92.1 cm³/mol. The first-order chi connectivity index (χ1) is 11.6. The van der Waals surface area contributed by atoms with E-state index in [2.05, 4.69) is 10.3 Å². The van der Waals surface area contributed by atoms with Crippen molar-refractivity contribution >= 4 is 6.03 Å². The molecule has 0 bridgehead atoms. The van der Waals surface area contributed by atoms with Crippen LogP contribution in [0, 0.1) is 5.92 Å². The SMILES string of the molecule is CC(N)C1CCN(C(=O)NCc2ncc(-c3ccccc3)o2)CC1. The van der Waals surface area contributed by atoms with Gasteiger partial charge in [0.1, 0.15) is 0 Å². The number of nitrogens with zero attached hydrogens (tertiary/aromatic N) is 2. The van der Waals surface area contributed by atoms with Crippen molar-refractivity contribution in [2.75, 3.05) is 13.1 Å². The maximum atomic E-state index is 12.2. The molecular weight excluding hydrogens is 304 g/mol. The lowest BCUT2D eigenvalue weighted by molar-refractivity contribution is 0.163. The summed E-state index contributed by atoms with van der Waals surface area (Å²) in [5.41, 5.74) is 6.91. The topological polar surface area (TPSA) is 84.4 Å². The summed E-state index contributed by atoms with van der Waals surface area (Å²) in [5, 5.41) is 2.88. The molecule has 3 N–H and O–H groups in total. The Morgan fingerprint density at radius 2 is 2.08 bits per heavy atom. The molecular formula is C18H24N4O2. The van der Waals surface area contributed by atoms with Gasteiger partial charge in [0.05, 0.1) is 12.7 Å². The molecule has 1 fully saturated rings. The molecule has 1 aromatic carbocycles. The summed E-state index contributed by atoms with van der Waals surface area (Å²) >= 11 is 0. The van der Waals surface area contributed by atoms with E-state index < -0.39 is 0 Å². The second-order valence-corrected chi connectivity index (χ2v) is 6.33. The first-order valence-electron chi connectivity index (χ1n) is 8.42. The molecule has 2 amide bonds. The highest BCUT2D eigenvalue weighted by Gasteiger charge is 2.24. The number of oxazole rings is 1. The molecule has 6 heteroatoms. The van der Waals surface area contributed by atoms with Gasteiger partial charge in [0, 0.05) is 24.7 Å². The Labute approximate surface area is 142 Å². The highest BCUT2D eigenvalue weighted by Crippen LogP contribution is 2.21. The number of carbonyl (C=O) groups excluding carboxylic acids is 1. The van der Waals surface area contributed by atoms with Gasteiger partial charge in [-0.3, -0.25) is 0 Å². The van der Waals surface area contributed by atoms with Crippen molar-refractivity contribution in [3.63, 3.8) is 0 Å². The van der Waals surface area contributed by atoms with E-state index in [1.807, 2.05) is 42.2 Å². The van der Waals surface area contributed by atoms with Gasteiger partial charge < -0.3 is 20.4 Å². The number of aromatic nitrogens is 1. The third-order valence-corrected chi connectivity index (χ3v) is 4.57. The van der Waals surface area contributed by atoms with Crippen LogP contribution >= 0.6 is 0 Å². The van der Waals surface area contributed by atoms with Crippen molar-refractivity contribution in [3.05, 3.63) is 42.4 Å². The number of piperidine rings is 1. The number of nitrogens with two attached hydrogens (primary N) is 1. The number of nitrogens with one attached hydrogen (secondary N) is 1. The minimum atomic E-state index is -0.0717. The van der Waals surface area contributed by atoms with Gasteiger partial charge in [0.15, 0.2) is 5.76 Å². The Balaban J connectivity index is 1.50. The number of likely N-dealkylation sites (tertiary alicyclic amines) is 1. The molecule has 1 aliphatic rings. The summed E-state index contributed by atoms with van der Waals surface area (Å²) in [5.74, 6) is 1.72. The Morgan fingerprint density at radius 1 is 1.38 bits per heavy atom. The number of urea groups is 1.